The molecule has 96 valence electrons. The lowest BCUT2D eigenvalue weighted by Crippen LogP contribution is -2.54. The van der Waals surface area contributed by atoms with Crippen LogP contribution in [0, 0.1) is 5.41 Å². The van der Waals surface area contributed by atoms with E-state index < -0.39 is 0 Å². The molecule has 6 nitrogen and oxygen atoms in total. The van der Waals surface area contributed by atoms with Crippen LogP contribution in [0.1, 0.15) is 25.7 Å². The van der Waals surface area contributed by atoms with Crippen molar-refractivity contribution in [2.45, 2.75) is 43.9 Å². The molecule has 2 saturated heterocycles. The van der Waals surface area contributed by atoms with E-state index in [0.29, 0.717) is 17.9 Å². The van der Waals surface area contributed by atoms with Crippen molar-refractivity contribution in [1.29, 1.82) is 5.41 Å². The second-order valence-corrected chi connectivity index (χ2v) is 5.50. The molecule has 6 heteroatoms. The van der Waals surface area contributed by atoms with Gasteiger partial charge in [0.05, 0.1) is 0 Å². The normalized spacial score (nSPS) is 37.2. The van der Waals surface area contributed by atoms with E-state index in [4.69, 9.17) is 5.41 Å². The Balaban J connectivity index is 1.69. The summed E-state index contributed by atoms with van der Waals surface area (Å²) in [5, 5.41) is 17.5. The van der Waals surface area contributed by atoms with Crippen LogP contribution in [0.3, 0.4) is 0 Å². The van der Waals surface area contributed by atoms with Crippen molar-refractivity contribution in [3.8, 4) is 0 Å². The number of hydrogen-bond donors (Lipinski definition) is 2. The Morgan fingerprint density at radius 3 is 2.61 bits per heavy atom. The molecule has 0 amide bonds. The number of fused-ring (bicyclic) bond motifs is 3. The predicted molar refractivity (Wildman–Crippen MR) is 68.7 cm³/mol. The van der Waals surface area contributed by atoms with E-state index in [1.807, 2.05) is 24.5 Å². The second-order valence-electron chi connectivity index (χ2n) is 5.50. The first kappa shape index (κ1) is 10.2. The summed E-state index contributed by atoms with van der Waals surface area (Å²) in [4.78, 5) is 4.61. The van der Waals surface area contributed by atoms with Gasteiger partial charge in [-0.3, -0.25) is 15.3 Å². The van der Waals surface area contributed by atoms with E-state index in [-0.39, 0.29) is 6.17 Å². The summed E-state index contributed by atoms with van der Waals surface area (Å²) in [6.45, 7) is 0. The molecule has 2 bridgehead atoms. The smallest absolute Gasteiger partial charge is 0.225 e. The zero-order chi connectivity index (χ0) is 12.3. The summed E-state index contributed by atoms with van der Waals surface area (Å²) in [7, 11) is 1.94. The topological polar surface area (TPSA) is 58.0 Å². The average Bonchev–Trinajstić information content (AvgIpc) is 3.02. The molecular formula is C12H18N6. The van der Waals surface area contributed by atoms with Gasteiger partial charge in [0.1, 0.15) is 5.84 Å². The van der Waals surface area contributed by atoms with Crippen molar-refractivity contribution in [2.24, 2.45) is 5.10 Å². The quantitative estimate of drug-likeness (QED) is 0.654. The van der Waals surface area contributed by atoms with Crippen molar-refractivity contribution in [1.82, 2.24) is 20.1 Å². The molecule has 0 aromatic heterocycles. The zero-order valence-electron chi connectivity index (χ0n) is 10.5. The number of amidine groups is 1. The van der Waals surface area contributed by atoms with Gasteiger partial charge in [0.25, 0.3) is 0 Å². The largest absolute Gasteiger partial charge is 0.346 e. The van der Waals surface area contributed by atoms with Crippen LogP contribution in [0.2, 0.25) is 0 Å². The Labute approximate surface area is 106 Å². The minimum atomic E-state index is -0.0926. The number of nitrogens with zero attached hydrogens (tertiary/aromatic N) is 4. The van der Waals surface area contributed by atoms with E-state index >= 15 is 0 Å². The number of hydrogen-bond acceptors (Lipinski definition) is 5. The fourth-order valence-electron chi connectivity index (χ4n) is 3.72. The first-order valence-electron chi connectivity index (χ1n) is 6.65. The maximum Gasteiger partial charge on any atom is 0.225 e. The molecule has 0 aromatic carbocycles. The Hall–Kier alpha value is -1.72. The summed E-state index contributed by atoms with van der Waals surface area (Å²) in [5.41, 5.74) is 0. The van der Waals surface area contributed by atoms with Crippen molar-refractivity contribution in [3.63, 3.8) is 0 Å². The molecule has 2 N–H and O–H groups in total. The molecule has 0 saturated carbocycles. The molecule has 1 unspecified atom stereocenters. The van der Waals surface area contributed by atoms with E-state index in [2.05, 4.69) is 20.2 Å². The van der Waals surface area contributed by atoms with Gasteiger partial charge < -0.3 is 10.2 Å². The Bertz CT molecular complexity index is 435. The average molecular weight is 246 g/mol. The summed E-state index contributed by atoms with van der Waals surface area (Å²) in [6, 6.07) is 1.33. The summed E-state index contributed by atoms with van der Waals surface area (Å²) in [5.74, 6) is 1.53. The molecule has 18 heavy (non-hydrogen) atoms. The van der Waals surface area contributed by atoms with Gasteiger partial charge in [0, 0.05) is 31.5 Å². The maximum absolute atomic E-state index is 7.99. The lowest BCUT2D eigenvalue weighted by Gasteiger charge is -2.34. The molecule has 0 spiro atoms. The summed E-state index contributed by atoms with van der Waals surface area (Å²) < 4.78 is 0. The van der Waals surface area contributed by atoms with Gasteiger partial charge in [-0.15, -0.1) is 5.10 Å². The van der Waals surface area contributed by atoms with Gasteiger partial charge in [-0.1, -0.05) is 0 Å². The van der Waals surface area contributed by atoms with E-state index in [9.17, 15) is 0 Å². The van der Waals surface area contributed by atoms with Crippen LogP contribution < -0.4 is 5.32 Å². The van der Waals surface area contributed by atoms with Crippen molar-refractivity contribution < 1.29 is 0 Å². The van der Waals surface area contributed by atoms with E-state index in [1.165, 1.54) is 25.7 Å². The summed E-state index contributed by atoms with van der Waals surface area (Å²) in [6.07, 6.45) is 8.92. The van der Waals surface area contributed by atoms with Gasteiger partial charge in [-0.2, -0.15) is 0 Å². The molecule has 0 radical (unpaired) electrons. The zero-order valence-corrected chi connectivity index (χ0v) is 10.5. The number of rotatable bonds is 0. The minimum absolute atomic E-state index is 0.0926. The Kier molecular flexibility index (Phi) is 1.93. The molecule has 0 aliphatic carbocycles. The lowest BCUT2D eigenvalue weighted by molar-refractivity contribution is 0.243. The van der Waals surface area contributed by atoms with Gasteiger partial charge in [0.15, 0.2) is 6.17 Å². The monoisotopic (exact) mass is 246 g/mol. The third-order valence-electron chi connectivity index (χ3n) is 4.51. The Morgan fingerprint density at radius 2 is 1.94 bits per heavy atom. The molecule has 2 fully saturated rings. The van der Waals surface area contributed by atoms with Crippen LogP contribution in [0.5, 0.6) is 0 Å². The van der Waals surface area contributed by atoms with Crippen LogP contribution in [-0.2, 0) is 0 Å². The van der Waals surface area contributed by atoms with E-state index in [1.54, 1.807) is 0 Å². The first-order chi connectivity index (χ1) is 8.75. The third kappa shape index (κ3) is 1.18. The Morgan fingerprint density at radius 1 is 1.28 bits per heavy atom. The second kappa shape index (κ2) is 3.40. The van der Waals surface area contributed by atoms with E-state index in [0.717, 1.165) is 5.96 Å². The van der Waals surface area contributed by atoms with Crippen LogP contribution in [0.25, 0.3) is 0 Å². The maximum atomic E-state index is 7.99. The minimum Gasteiger partial charge on any atom is -0.346 e. The first-order valence-corrected chi connectivity index (χ1v) is 6.65. The fraction of sp³-hybridized carbons (Fsp3) is 0.667. The van der Waals surface area contributed by atoms with Gasteiger partial charge in [-0.05, 0) is 25.7 Å². The van der Waals surface area contributed by atoms with Crippen LogP contribution in [-0.4, -0.2) is 51.9 Å². The molecule has 4 aliphatic rings. The number of guanidine groups is 1. The summed E-state index contributed by atoms with van der Waals surface area (Å²) >= 11 is 0. The van der Waals surface area contributed by atoms with Crippen LogP contribution >= 0.6 is 0 Å². The van der Waals surface area contributed by atoms with Gasteiger partial charge in [0.2, 0.25) is 5.96 Å². The van der Waals surface area contributed by atoms with Crippen molar-refractivity contribution in [2.75, 3.05) is 7.05 Å². The molecule has 1 atom stereocenters. The fourth-order valence-corrected chi connectivity index (χ4v) is 3.72. The molecule has 4 aliphatic heterocycles. The highest BCUT2D eigenvalue weighted by Gasteiger charge is 2.47. The highest BCUT2D eigenvalue weighted by Crippen LogP contribution is 2.39. The van der Waals surface area contributed by atoms with Gasteiger partial charge >= 0.3 is 0 Å². The standard InChI is InChI=1S/C12H18N6/c1-16-11-10(13)14-6-7-17(11)12(15-16)18-8-2-3-9(18)5-4-8/h6-9,11H,2-5H2,1H3,(H2,13,14). The lowest BCUT2D eigenvalue weighted by atomic mass is 10.0. The van der Waals surface area contributed by atoms with Crippen molar-refractivity contribution >= 4 is 11.8 Å². The SMILES string of the molecule is CN1N=C(N2C3CCC2CC3)N2C=CNC(=N)C12. The number of nitrogens with one attached hydrogen (secondary N) is 2. The highest BCUT2D eigenvalue weighted by atomic mass is 15.7. The number of hydrazone groups is 1. The van der Waals surface area contributed by atoms with Crippen molar-refractivity contribution in [3.05, 3.63) is 12.4 Å². The molecule has 4 heterocycles. The third-order valence-corrected chi connectivity index (χ3v) is 4.51. The highest BCUT2D eigenvalue weighted by molar-refractivity contribution is 5.94. The predicted octanol–water partition coefficient (Wildman–Crippen LogP) is 0.509. The molecule has 4 rings (SSSR count). The van der Waals surface area contributed by atoms with Crippen LogP contribution in [0.15, 0.2) is 17.5 Å². The molecular weight excluding hydrogens is 228 g/mol. The van der Waals surface area contributed by atoms with Crippen LogP contribution in [0.4, 0.5) is 0 Å². The number of likely N-dealkylation sites (N-methyl/N-ethyl adjacent to an activating group) is 1. The molecule has 0 aromatic rings. The van der Waals surface area contributed by atoms with Gasteiger partial charge in [-0.25, -0.2) is 0 Å².